The summed E-state index contributed by atoms with van der Waals surface area (Å²) in [5.41, 5.74) is 9.24. The zero-order valence-corrected chi connectivity index (χ0v) is 16.8. The second-order valence-corrected chi connectivity index (χ2v) is 8.21. The van der Waals surface area contributed by atoms with E-state index in [0.717, 1.165) is 40.8 Å². The summed E-state index contributed by atoms with van der Waals surface area (Å²) in [6.45, 7) is 0.120. The molecular weight excluding hydrogens is 382 g/mol. The van der Waals surface area contributed by atoms with Crippen LogP contribution in [0.2, 0.25) is 0 Å². The van der Waals surface area contributed by atoms with Crippen molar-refractivity contribution in [1.82, 2.24) is 5.32 Å². The van der Waals surface area contributed by atoms with Crippen LogP contribution in [0.15, 0.2) is 60.7 Å². The molecular formula is C23H23N3O2S. The number of hydrogen-bond donors (Lipinski definition) is 3. The third kappa shape index (κ3) is 4.23. The molecule has 1 aliphatic carbocycles. The maximum atomic E-state index is 12.7. The number of primary amides is 1. The predicted octanol–water partition coefficient (Wildman–Crippen LogP) is 3.65. The molecule has 6 heteroatoms. The van der Waals surface area contributed by atoms with Gasteiger partial charge in [-0.1, -0.05) is 60.7 Å². The first kappa shape index (κ1) is 19.4. The molecule has 1 heterocycles. The number of fused-ring (bicyclic) bond motifs is 1. The van der Waals surface area contributed by atoms with Crippen LogP contribution in [-0.4, -0.2) is 18.4 Å². The molecule has 2 aromatic carbocycles. The number of benzene rings is 2. The van der Waals surface area contributed by atoms with E-state index in [1.54, 1.807) is 0 Å². The van der Waals surface area contributed by atoms with Crippen LogP contribution < -0.4 is 16.4 Å². The number of hydrogen-bond acceptors (Lipinski definition) is 4. The molecule has 3 aromatic rings. The minimum atomic E-state index is -0.473. The maximum Gasteiger partial charge on any atom is 0.251 e. The highest BCUT2D eigenvalue weighted by Gasteiger charge is 2.26. The SMILES string of the molecule is NC(=O)c1c(NC(=O)CNC(c2ccccc2)c2ccccc2)sc2c1CCC2. The number of nitrogens with one attached hydrogen (secondary N) is 2. The quantitative estimate of drug-likeness (QED) is 0.561. The topological polar surface area (TPSA) is 84.2 Å². The van der Waals surface area contributed by atoms with E-state index in [2.05, 4.69) is 10.6 Å². The van der Waals surface area contributed by atoms with E-state index in [1.165, 1.54) is 11.3 Å². The second-order valence-electron chi connectivity index (χ2n) is 7.11. The molecule has 4 N–H and O–H groups in total. The molecule has 0 fully saturated rings. The molecule has 4 rings (SSSR count). The summed E-state index contributed by atoms with van der Waals surface area (Å²) in [7, 11) is 0. The van der Waals surface area contributed by atoms with Crippen LogP contribution in [0, 0.1) is 0 Å². The van der Waals surface area contributed by atoms with Crippen molar-refractivity contribution in [1.29, 1.82) is 0 Å². The normalized spacial score (nSPS) is 12.7. The Labute approximate surface area is 173 Å². The fraction of sp³-hybridized carbons (Fsp3) is 0.217. The minimum Gasteiger partial charge on any atom is -0.365 e. The van der Waals surface area contributed by atoms with Crippen LogP contribution in [-0.2, 0) is 17.6 Å². The Morgan fingerprint density at radius 3 is 2.17 bits per heavy atom. The van der Waals surface area contributed by atoms with E-state index in [0.29, 0.717) is 10.6 Å². The van der Waals surface area contributed by atoms with E-state index in [9.17, 15) is 9.59 Å². The molecule has 0 unspecified atom stereocenters. The van der Waals surface area contributed by atoms with Gasteiger partial charge in [-0.25, -0.2) is 0 Å². The number of carbonyl (C=O) groups excluding carboxylic acids is 2. The second kappa shape index (κ2) is 8.59. The average Bonchev–Trinajstić information content (AvgIpc) is 3.30. The van der Waals surface area contributed by atoms with Crippen molar-refractivity contribution in [3.8, 4) is 0 Å². The first-order chi connectivity index (χ1) is 14.1. The van der Waals surface area contributed by atoms with Gasteiger partial charge in [0.05, 0.1) is 18.2 Å². The fourth-order valence-electron chi connectivity index (χ4n) is 3.84. The molecule has 1 aromatic heterocycles. The van der Waals surface area contributed by atoms with Crippen LogP contribution >= 0.6 is 11.3 Å². The minimum absolute atomic E-state index is 0.105. The highest BCUT2D eigenvalue weighted by Crippen LogP contribution is 2.38. The molecule has 0 saturated carbocycles. The van der Waals surface area contributed by atoms with Crippen LogP contribution in [0.25, 0.3) is 0 Å². The number of nitrogens with two attached hydrogens (primary N) is 1. The first-order valence-corrected chi connectivity index (χ1v) is 10.5. The average molecular weight is 406 g/mol. The highest BCUT2D eigenvalue weighted by atomic mass is 32.1. The van der Waals surface area contributed by atoms with Gasteiger partial charge in [0.15, 0.2) is 0 Å². The lowest BCUT2D eigenvalue weighted by molar-refractivity contribution is -0.115. The summed E-state index contributed by atoms with van der Waals surface area (Å²) in [6, 6.07) is 19.9. The van der Waals surface area contributed by atoms with Crippen LogP contribution in [0.3, 0.4) is 0 Å². The van der Waals surface area contributed by atoms with Gasteiger partial charge < -0.3 is 11.1 Å². The summed E-state index contributed by atoms with van der Waals surface area (Å²) in [5, 5.41) is 6.82. The van der Waals surface area contributed by atoms with E-state index in [1.807, 2.05) is 60.7 Å². The van der Waals surface area contributed by atoms with Crippen molar-refractivity contribution in [2.45, 2.75) is 25.3 Å². The molecule has 0 bridgehead atoms. The summed E-state index contributed by atoms with van der Waals surface area (Å²) >= 11 is 1.47. The number of carbonyl (C=O) groups is 2. The van der Waals surface area contributed by atoms with Gasteiger partial charge in [-0.3, -0.25) is 14.9 Å². The van der Waals surface area contributed by atoms with Gasteiger partial charge in [-0.2, -0.15) is 0 Å². The molecule has 2 amide bonds. The number of anilines is 1. The van der Waals surface area contributed by atoms with Gasteiger partial charge >= 0.3 is 0 Å². The molecule has 5 nitrogen and oxygen atoms in total. The molecule has 29 heavy (non-hydrogen) atoms. The van der Waals surface area contributed by atoms with Crippen LogP contribution in [0.4, 0.5) is 5.00 Å². The lowest BCUT2D eigenvalue weighted by Gasteiger charge is -2.19. The first-order valence-electron chi connectivity index (χ1n) is 9.71. The van der Waals surface area contributed by atoms with E-state index >= 15 is 0 Å². The molecule has 0 spiro atoms. The number of aryl methyl sites for hydroxylation is 1. The Kier molecular flexibility index (Phi) is 5.74. The number of amides is 2. The van der Waals surface area contributed by atoms with Crippen molar-refractivity contribution in [3.63, 3.8) is 0 Å². The summed E-state index contributed by atoms with van der Waals surface area (Å²) in [6.07, 6.45) is 2.83. The Hall–Kier alpha value is -2.96. The molecule has 1 aliphatic rings. The Morgan fingerprint density at radius 2 is 1.59 bits per heavy atom. The molecule has 0 radical (unpaired) electrons. The zero-order valence-electron chi connectivity index (χ0n) is 16.0. The number of rotatable bonds is 7. The summed E-state index contributed by atoms with van der Waals surface area (Å²) in [4.78, 5) is 25.7. The molecule has 0 atom stereocenters. The molecule has 148 valence electrons. The van der Waals surface area contributed by atoms with Crippen molar-refractivity contribution in [2.24, 2.45) is 5.73 Å². The van der Waals surface area contributed by atoms with Gasteiger partial charge in [-0.05, 0) is 36.0 Å². The maximum absolute atomic E-state index is 12.7. The van der Waals surface area contributed by atoms with Crippen molar-refractivity contribution in [2.75, 3.05) is 11.9 Å². The number of thiophene rings is 1. The van der Waals surface area contributed by atoms with Crippen LogP contribution in [0.5, 0.6) is 0 Å². The Bertz CT molecular complexity index is 976. The third-order valence-electron chi connectivity index (χ3n) is 5.15. The molecule has 0 aliphatic heterocycles. The summed E-state index contributed by atoms with van der Waals surface area (Å²) < 4.78 is 0. The smallest absolute Gasteiger partial charge is 0.251 e. The van der Waals surface area contributed by atoms with Gasteiger partial charge in [0.25, 0.3) is 5.91 Å². The molecule has 0 saturated heterocycles. The monoisotopic (exact) mass is 405 g/mol. The van der Waals surface area contributed by atoms with Gasteiger partial charge in [-0.15, -0.1) is 11.3 Å². The lowest BCUT2D eigenvalue weighted by Crippen LogP contribution is -2.32. The predicted molar refractivity (Wildman–Crippen MR) is 116 cm³/mol. The van der Waals surface area contributed by atoms with Crippen molar-refractivity contribution in [3.05, 3.63) is 87.8 Å². The van der Waals surface area contributed by atoms with E-state index in [4.69, 9.17) is 5.73 Å². The van der Waals surface area contributed by atoms with Gasteiger partial charge in [0, 0.05) is 4.88 Å². The zero-order chi connectivity index (χ0) is 20.2. The van der Waals surface area contributed by atoms with Crippen LogP contribution in [0.1, 0.15) is 44.4 Å². The third-order valence-corrected chi connectivity index (χ3v) is 6.36. The van der Waals surface area contributed by atoms with E-state index in [-0.39, 0.29) is 18.5 Å². The highest BCUT2D eigenvalue weighted by molar-refractivity contribution is 7.17. The summed E-state index contributed by atoms with van der Waals surface area (Å²) in [5.74, 6) is -0.664. The largest absolute Gasteiger partial charge is 0.365 e. The Balaban J connectivity index is 1.49. The van der Waals surface area contributed by atoms with Gasteiger partial charge in [0.2, 0.25) is 5.91 Å². The lowest BCUT2D eigenvalue weighted by atomic mass is 9.99. The van der Waals surface area contributed by atoms with E-state index < -0.39 is 5.91 Å². The standard InChI is InChI=1S/C23H23N3O2S/c24-22(28)20-17-12-7-13-18(17)29-23(20)26-19(27)14-25-21(15-8-3-1-4-9-15)16-10-5-2-6-11-16/h1-6,8-11,21,25H,7,12-14H2,(H2,24,28)(H,26,27). The Morgan fingerprint density at radius 1 is 0.966 bits per heavy atom. The van der Waals surface area contributed by atoms with Crippen molar-refractivity contribution < 1.29 is 9.59 Å². The fourth-order valence-corrected chi connectivity index (χ4v) is 5.15. The van der Waals surface area contributed by atoms with Gasteiger partial charge in [0.1, 0.15) is 5.00 Å². The van der Waals surface area contributed by atoms with Crippen molar-refractivity contribution >= 4 is 28.2 Å².